The van der Waals surface area contributed by atoms with Crippen molar-refractivity contribution >= 4 is 17.5 Å². The average molecular weight is 404 g/mol. The van der Waals surface area contributed by atoms with E-state index in [0.29, 0.717) is 51.0 Å². The molecule has 0 radical (unpaired) electrons. The van der Waals surface area contributed by atoms with Gasteiger partial charge in [-0.15, -0.1) is 0 Å². The lowest BCUT2D eigenvalue weighted by Gasteiger charge is -2.37. The smallest absolute Gasteiger partial charge is 0.227 e. The van der Waals surface area contributed by atoms with Gasteiger partial charge in [-0.2, -0.15) is 4.98 Å². The van der Waals surface area contributed by atoms with Crippen molar-refractivity contribution in [3.8, 4) is 0 Å². The molecule has 7 nitrogen and oxygen atoms in total. The number of para-hydroxylation sites is 1. The lowest BCUT2D eigenvalue weighted by Crippen LogP contribution is -2.47. The molecule has 1 atom stereocenters. The molecule has 0 aliphatic carbocycles. The number of hydrogen-bond acceptors (Lipinski definition) is 7. The first-order valence-corrected chi connectivity index (χ1v) is 9.86. The Morgan fingerprint density at radius 3 is 2.45 bits per heavy atom. The number of aromatic nitrogens is 2. The first kappa shape index (κ1) is 19.8. The summed E-state index contributed by atoms with van der Waals surface area (Å²) in [6.45, 7) is 4.02. The summed E-state index contributed by atoms with van der Waals surface area (Å²) < 4.78 is 35.2. The second kappa shape index (κ2) is 8.46. The molecule has 1 aromatic heterocycles. The molecule has 1 aromatic carbocycles. The van der Waals surface area contributed by atoms with E-state index in [4.69, 9.17) is 4.74 Å². The maximum atomic E-state index is 15.4. The van der Waals surface area contributed by atoms with E-state index in [1.54, 1.807) is 17.0 Å². The number of ether oxygens (including phenoxy) is 1. The highest BCUT2D eigenvalue weighted by atomic mass is 19.1. The molecule has 1 N–H and O–H groups in total. The molecule has 9 heteroatoms. The molecule has 0 spiro atoms. The minimum atomic E-state index is -0.441. The first-order chi connectivity index (χ1) is 14.0. The van der Waals surface area contributed by atoms with Crippen LogP contribution in [0.4, 0.5) is 26.2 Å². The monoisotopic (exact) mass is 404 g/mol. The third-order valence-corrected chi connectivity index (χ3v) is 5.25. The number of benzene rings is 1. The van der Waals surface area contributed by atoms with E-state index in [0.717, 1.165) is 6.54 Å². The van der Waals surface area contributed by atoms with Gasteiger partial charge >= 0.3 is 0 Å². The molecule has 2 aliphatic heterocycles. The van der Waals surface area contributed by atoms with Crippen molar-refractivity contribution in [2.24, 2.45) is 0 Å². The predicted molar refractivity (Wildman–Crippen MR) is 109 cm³/mol. The quantitative estimate of drug-likeness (QED) is 0.834. The van der Waals surface area contributed by atoms with E-state index in [2.05, 4.69) is 15.3 Å². The van der Waals surface area contributed by atoms with Crippen LogP contribution in [0.1, 0.15) is 11.8 Å². The maximum Gasteiger partial charge on any atom is 0.227 e. The van der Waals surface area contributed by atoms with Gasteiger partial charge < -0.3 is 24.8 Å². The van der Waals surface area contributed by atoms with Crippen LogP contribution < -0.4 is 20.0 Å². The summed E-state index contributed by atoms with van der Waals surface area (Å²) in [6, 6.07) is 6.73. The molecule has 2 fully saturated rings. The number of anilines is 3. The molecule has 0 amide bonds. The molecule has 156 valence electrons. The van der Waals surface area contributed by atoms with Crippen LogP contribution in [-0.2, 0) is 4.74 Å². The highest BCUT2D eigenvalue weighted by Gasteiger charge is 2.29. The predicted octanol–water partition coefficient (Wildman–Crippen LogP) is 1.81. The third-order valence-electron chi connectivity index (χ3n) is 5.25. The molecule has 2 saturated heterocycles. The summed E-state index contributed by atoms with van der Waals surface area (Å²) >= 11 is 0. The fraction of sp³-hybridized carbons (Fsp3) is 0.500. The summed E-state index contributed by atoms with van der Waals surface area (Å²) in [6.07, 6.45) is -0.441. The van der Waals surface area contributed by atoms with Gasteiger partial charge in [-0.1, -0.05) is 12.1 Å². The Balaban J connectivity index is 1.58. The minimum Gasteiger partial charge on any atom is -0.369 e. The lowest BCUT2D eigenvalue weighted by atomic mass is 10.2. The van der Waals surface area contributed by atoms with Crippen LogP contribution in [0.2, 0.25) is 0 Å². The van der Waals surface area contributed by atoms with E-state index in [1.165, 1.54) is 6.07 Å². The zero-order valence-electron chi connectivity index (χ0n) is 16.7. The van der Waals surface area contributed by atoms with Gasteiger partial charge in [0.2, 0.25) is 5.95 Å². The summed E-state index contributed by atoms with van der Waals surface area (Å²) in [5.41, 5.74) is 0.856. The van der Waals surface area contributed by atoms with Crippen molar-refractivity contribution in [1.82, 2.24) is 15.3 Å². The van der Waals surface area contributed by atoms with Crippen LogP contribution >= 0.6 is 0 Å². The third kappa shape index (κ3) is 4.11. The normalized spacial score (nSPS) is 20.1. The molecule has 29 heavy (non-hydrogen) atoms. The number of rotatable bonds is 4. The van der Waals surface area contributed by atoms with E-state index < -0.39 is 11.9 Å². The van der Waals surface area contributed by atoms with Gasteiger partial charge in [0.25, 0.3) is 0 Å². The van der Waals surface area contributed by atoms with Crippen LogP contribution in [0, 0.1) is 11.6 Å². The van der Waals surface area contributed by atoms with Crippen molar-refractivity contribution in [2.75, 3.05) is 74.7 Å². The van der Waals surface area contributed by atoms with E-state index in [9.17, 15) is 4.39 Å². The van der Waals surface area contributed by atoms with Crippen molar-refractivity contribution in [1.29, 1.82) is 0 Å². The molecule has 0 bridgehead atoms. The Morgan fingerprint density at radius 1 is 1.07 bits per heavy atom. The van der Waals surface area contributed by atoms with Gasteiger partial charge in [-0.05, 0) is 12.1 Å². The SMILES string of the molecule is CN(C)c1nc(C2CNCCO2)c(F)c(N2CCN(c3ccccc3F)CC2)n1. The average Bonchev–Trinajstić information content (AvgIpc) is 2.75. The summed E-state index contributed by atoms with van der Waals surface area (Å²) in [7, 11) is 3.66. The number of hydrogen-bond donors (Lipinski definition) is 1. The minimum absolute atomic E-state index is 0.242. The van der Waals surface area contributed by atoms with Crippen LogP contribution in [0.3, 0.4) is 0 Å². The van der Waals surface area contributed by atoms with Gasteiger partial charge in [-0.25, -0.2) is 13.8 Å². The zero-order valence-corrected chi connectivity index (χ0v) is 16.7. The fourth-order valence-corrected chi connectivity index (χ4v) is 3.67. The van der Waals surface area contributed by atoms with Gasteiger partial charge in [0.05, 0.1) is 12.3 Å². The molecule has 3 heterocycles. The molecular formula is C20H26F2N6O. The van der Waals surface area contributed by atoms with Gasteiger partial charge in [0, 0.05) is 53.4 Å². The number of nitrogens with one attached hydrogen (secondary N) is 1. The highest BCUT2D eigenvalue weighted by molar-refractivity contribution is 5.52. The van der Waals surface area contributed by atoms with E-state index in [1.807, 2.05) is 30.0 Å². The van der Waals surface area contributed by atoms with Crippen molar-refractivity contribution in [3.63, 3.8) is 0 Å². The van der Waals surface area contributed by atoms with Crippen LogP contribution in [0.25, 0.3) is 0 Å². The summed E-state index contributed by atoms with van der Waals surface area (Å²) in [5, 5.41) is 3.22. The zero-order chi connectivity index (χ0) is 20.4. The maximum absolute atomic E-state index is 15.4. The van der Waals surface area contributed by atoms with E-state index >= 15 is 4.39 Å². The van der Waals surface area contributed by atoms with Gasteiger partial charge in [-0.3, -0.25) is 0 Å². The second-order valence-corrected chi connectivity index (χ2v) is 7.43. The van der Waals surface area contributed by atoms with Crippen molar-refractivity contribution in [2.45, 2.75) is 6.10 Å². The standard InChI is InChI=1S/C20H26F2N6O/c1-26(2)20-24-18(16-13-23-7-12-29-16)17(22)19(25-20)28-10-8-27(9-11-28)15-6-4-3-5-14(15)21/h3-6,16,23H,7-13H2,1-2H3. The molecule has 4 rings (SSSR count). The lowest BCUT2D eigenvalue weighted by molar-refractivity contribution is 0.0226. The van der Waals surface area contributed by atoms with Crippen molar-refractivity contribution in [3.05, 3.63) is 41.6 Å². The van der Waals surface area contributed by atoms with E-state index in [-0.39, 0.29) is 17.3 Å². The van der Waals surface area contributed by atoms with Gasteiger partial charge in [0.1, 0.15) is 17.6 Å². The molecule has 2 aromatic rings. The number of nitrogens with zero attached hydrogens (tertiary/aromatic N) is 5. The largest absolute Gasteiger partial charge is 0.369 e. The Kier molecular flexibility index (Phi) is 5.77. The Hall–Kier alpha value is -2.52. The first-order valence-electron chi connectivity index (χ1n) is 9.86. The number of morpholine rings is 1. The second-order valence-electron chi connectivity index (χ2n) is 7.43. The summed E-state index contributed by atoms with van der Waals surface area (Å²) in [4.78, 5) is 14.5. The van der Waals surface area contributed by atoms with Crippen LogP contribution in [-0.4, -0.2) is 69.9 Å². The summed E-state index contributed by atoms with van der Waals surface area (Å²) in [5.74, 6) is 0.0418. The molecular weight excluding hydrogens is 378 g/mol. The van der Waals surface area contributed by atoms with Crippen molar-refractivity contribution < 1.29 is 13.5 Å². The fourth-order valence-electron chi connectivity index (χ4n) is 3.67. The van der Waals surface area contributed by atoms with Crippen LogP contribution in [0.15, 0.2) is 24.3 Å². The Labute approximate surface area is 169 Å². The number of halogens is 2. The van der Waals surface area contributed by atoms with Gasteiger partial charge in [0.15, 0.2) is 11.6 Å². The van der Waals surface area contributed by atoms with Crippen LogP contribution in [0.5, 0.6) is 0 Å². The Bertz CT molecular complexity index is 851. The Morgan fingerprint density at radius 2 is 1.79 bits per heavy atom. The molecule has 0 saturated carbocycles. The highest BCUT2D eigenvalue weighted by Crippen LogP contribution is 2.29. The topological polar surface area (TPSA) is 56.8 Å². The number of piperazine rings is 1. The molecule has 1 unspecified atom stereocenters. The molecule has 2 aliphatic rings.